The number of anilines is 1. The van der Waals surface area contributed by atoms with Crippen LogP contribution in [-0.2, 0) is 6.42 Å². The third-order valence-corrected chi connectivity index (χ3v) is 4.04. The SMILES string of the molecule is CCc1c(C(=O)NN2CCCC2(C)C)ccc(F)c1N. The van der Waals surface area contributed by atoms with E-state index in [1.807, 2.05) is 11.9 Å². The van der Waals surface area contributed by atoms with E-state index in [1.165, 1.54) is 12.1 Å². The van der Waals surface area contributed by atoms with Gasteiger partial charge in [0.2, 0.25) is 0 Å². The highest BCUT2D eigenvalue weighted by molar-refractivity contribution is 5.96. The predicted octanol–water partition coefficient (Wildman–Crippen LogP) is 2.49. The Morgan fingerprint density at radius 3 is 2.75 bits per heavy atom. The molecule has 1 heterocycles. The molecule has 0 aromatic heterocycles. The molecule has 1 aromatic rings. The van der Waals surface area contributed by atoms with Crippen LogP contribution in [0.2, 0.25) is 0 Å². The second-order valence-corrected chi connectivity index (χ2v) is 5.85. The van der Waals surface area contributed by atoms with Crippen molar-refractivity contribution in [2.45, 2.75) is 45.6 Å². The van der Waals surface area contributed by atoms with Crippen LogP contribution in [0.1, 0.15) is 49.5 Å². The number of nitrogens with zero attached hydrogens (tertiary/aromatic N) is 1. The molecule has 1 aliphatic heterocycles. The van der Waals surface area contributed by atoms with Gasteiger partial charge in [0.05, 0.1) is 5.69 Å². The first kappa shape index (κ1) is 14.8. The Morgan fingerprint density at radius 2 is 2.20 bits per heavy atom. The molecule has 0 saturated carbocycles. The number of hydrogen-bond donors (Lipinski definition) is 2. The van der Waals surface area contributed by atoms with Gasteiger partial charge in [0.15, 0.2) is 0 Å². The highest BCUT2D eigenvalue weighted by atomic mass is 19.1. The smallest absolute Gasteiger partial charge is 0.265 e. The molecule has 1 aromatic carbocycles. The largest absolute Gasteiger partial charge is 0.396 e. The molecule has 0 spiro atoms. The number of hydrazine groups is 1. The standard InChI is InChI=1S/C15H22FN3O/c1-4-10-11(6-7-12(16)13(10)17)14(20)18-19-9-5-8-15(19,2)3/h6-7H,4-5,8-9,17H2,1-3H3,(H,18,20). The van der Waals surface area contributed by atoms with Gasteiger partial charge in [-0.1, -0.05) is 6.92 Å². The number of nitrogens with one attached hydrogen (secondary N) is 1. The maximum atomic E-state index is 13.5. The highest BCUT2D eigenvalue weighted by Gasteiger charge is 2.33. The molecule has 0 bridgehead atoms. The average molecular weight is 279 g/mol. The summed E-state index contributed by atoms with van der Waals surface area (Å²) in [6, 6.07) is 2.75. The van der Waals surface area contributed by atoms with E-state index in [1.54, 1.807) is 0 Å². The molecule has 2 rings (SSSR count). The lowest BCUT2D eigenvalue weighted by Crippen LogP contribution is -2.50. The van der Waals surface area contributed by atoms with Crippen LogP contribution in [-0.4, -0.2) is 23.0 Å². The Bertz CT molecular complexity index is 528. The number of halogens is 1. The number of amides is 1. The van der Waals surface area contributed by atoms with Gasteiger partial charge in [-0.25, -0.2) is 9.40 Å². The number of nitrogen functional groups attached to an aromatic ring is 1. The quantitative estimate of drug-likeness (QED) is 0.836. The van der Waals surface area contributed by atoms with E-state index in [2.05, 4.69) is 19.3 Å². The molecule has 0 radical (unpaired) electrons. The van der Waals surface area contributed by atoms with E-state index in [0.29, 0.717) is 17.5 Å². The van der Waals surface area contributed by atoms with Gasteiger partial charge in [0.1, 0.15) is 5.82 Å². The Kier molecular flexibility index (Phi) is 3.99. The molecular weight excluding hydrogens is 257 g/mol. The minimum Gasteiger partial charge on any atom is -0.396 e. The molecule has 20 heavy (non-hydrogen) atoms. The molecule has 1 saturated heterocycles. The summed E-state index contributed by atoms with van der Waals surface area (Å²) in [6.07, 6.45) is 2.62. The highest BCUT2D eigenvalue weighted by Crippen LogP contribution is 2.27. The summed E-state index contributed by atoms with van der Waals surface area (Å²) in [4.78, 5) is 12.4. The van der Waals surface area contributed by atoms with Crippen LogP contribution >= 0.6 is 0 Å². The van der Waals surface area contributed by atoms with E-state index >= 15 is 0 Å². The minimum absolute atomic E-state index is 0.0480. The first-order valence-electron chi connectivity index (χ1n) is 7.02. The van der Waals surface area contributed by atoms with Crippen LogP contribution < -0.4 is 11.2 Å². The normalized spacial score (nSPS) is 18.2. The Labute approximate surface area is 119 Å². The van der Waals surface area contributed by atoms with Crippen molar-refractivity contribution < 1.29 is 9.18 Å². The molecular formula is C15H22FN3O. The average Bonchev–Trinajstić information content (AvgIpc) is 2.71. The topological polar surface area (TPSA) is 58.4 Å². The van der Waals surface area contributed by atoms with E-state index in [9.17, 15) is 9.18 Å². The maximum Gasteiger partial charge on any atom is 0.265 e. The van der Waals surface area contributed by atoms with Crippen LogP contribution in [0.15, 0.2) is 12.1 Å². The molecule has 1 amide bonds. The Hall–Kier alpha value is -1.62. The first-order valence-corrected chi connectivity index (χ1v) is 7.02. The number of nitrogens with two attached hydrogens (primary N) is 1. The van der Waals surface area contributed by atoms with Gasteiger partial charge < -0.3 is 5.73 Å². The van der Waals surface area contributed by atoms with Crippen molar-refractivity contribution in [3.8, 4) is 0 Å². The molecule has 4 nitrogen and oxygen atoms in total. The van der Waals surface area contributed by atoms with Crippen molar-refractivity contribution in [1.29, 1.82) is 0 Å². The van der Waals surface area contributed by atoms with Gasteiger partial charge in [-0.3, -0.25) is 10.2 Å². The minimum atomic E-state index is -0.472. The van der Waals surface area contributed by atoms with Crippen molar-refractivity contribution in [2.24, 2.45) is 0 Å². The second-order valence-electron chi connectivity index (χ2n) is 5.85. The predicted molar refractivity (Wildman–Crippen MR) is 77.7 cm³/mol. The number of carbonyl (C=O) groups is 1. The summed E-state index contributed by atoms with van der Waals surface area (Å²) in [6.45, 7) is 6.89. The zero-order valence-corrected chi connectivity index (χ0v) is 12.3. The van der Waals surface area contributed by atoms with Crippen molar-refractivity contribution in [2.75, 3.05) is 12.3 Å². The van der Waals surface area contributed by atoms with Crippen LogP contribution in [0.25, 0.3) is 0 Å². The van der Waals surface area contributed by atoms with E-state index in [4.69, 9.17) is 5.73 Å². The fourth-order valence-electron chi connectivity index (χ4n) is 2.73. The summed E-state index contributed by atoms with van der Waals surface area (Å²) in [7, 11) is 0. The number of rotatable bonds is 3. The lowest BCUT2D eigenvalue weighted by Gasteiger charge is -2.31. The van der Waals surface area contributed by atoms with Crippen LogP contribution in [0.4, 0.5) is 10.1 Å². The first-order chi connectivity index (χ1) is 9.36. The third kappa shape index (κ3) is 2.63. The molecule has 0 aliphatic carbocycles. The summed E-state index contributed by atoms with van der Waals surface area (Å²) < 4.78 is 13.5. The number of carbonyl (C=O) groups excluding carboxylic acids is 1. The van der Waals surface area contributed by atoms with Crippen molar-refractivity contribution in [3.05, 3.63) is 29.1 Å². The molecule has 1 aliphatic rings. The molecule has 0 unspecified atom stereocenters. The molecule has 1 fully saturated rings. The van der Waals surface area contributed by atoms with Crippen molar-refractivity contribution in [3.63, 3.8) is 0 Å². The molecule has 110 valence electrons. The van der Waals surface area contributed by atoms with Gasteiger partial charge in [0, 0.05) is 17.6 Å². The Morgan fingerprint density at radius 1 is 1.50 bits per heavy atom. The lowest BCUT2D eigenvalue weighted by molar-refractivity contribution is 0.0636. The van der Waals surface area contributed by atoms with Crippen molar-refractivity contribution >= 4 is 11.6 Å². The van der Waals surface area contributed by atoms with Crippen LogP contribution in [0, 0.1) is 5.82 Å². The summed E-state index contributed by atoms with van der Waals surface area (Å²) in [5.41, 5.74) is 9.69. The fourth-order valence-corrected chi connectivity index (χ4v) is 2.73. The van der Waals surface area contributed by atoms with Gasteiger partial charge in [0.25, 0.3) is 5.91 Å². The van der Waals surface area contributed by atoms with Gasteiger partial charge in [-0.05, 0) is 50.8 Å². The van der Waals surface area contributed by atoms with E-state index in [0.717, 1.165) is 19.4 Å². The summed E-state index contributed by atoms with van der Waals surface area (Å²) in [5.74, 6) is -0.691. The van der Waals surface area contributed by atoms with Crippen molar-refractivity contribution in [1.82, 2.24) is 10.4 Å². The van der Waals surface area contributed by atoms with Gasteiger partial charge >= 0.3 is 0 Å². The zero-order valence-electron chi connectivity index (χ0n) is 12.3. The molecule has 5 heteroatoms. The van der Waals surface area contributed by atoms with Gasteiger partial charge in [-0.2, -0.15) is 0 Å². The van der Waals surface area contributed by atoms with E-state index in [-0.39, 0.29) is 17.1 Å². The second kappa shape index (κ2) is 5.40. The molecule has 3 N–H and O–H groups in total. The zero-order chi connectivity index (χ0) is 14.9. The maximum absolute atomic E-state index is 13.5. The summed E-state index contributed by atoms with van der Waals surface area (Å²) in [5, 5.41) is 1.95. The monoisotopic (exact) mass is 279 g/mol. The third-order valence-electron chi connectivity index (χ3n) is 4.04. The Balaban J connectivity index is 2.24. The molecule has 0 atom stereocenters. The number of benzene rings is 1. The lowest BCUT2D eigenvalue weighted by atomic mass is 10.0. The summed E-state index contributed by atoms with van der Waals surface area (Å²) >= 11 is 0. The van der Waals surface area contributed by atoms with E-state index < -0.39 is 5.82 Å². The van der Waals surface area contributed by atoms with Crippen LogP contribution in [0.5, 0.6) is 0 Å². The number of hydrogen-bond acceptors (Lipinski definition) is 3. The van der Waals surface area contributed by atoms with Gasteiger partial charge in [-0.15, -0.1) is 0 Å². The fraction of sp³-hybridized carbons (Fsp3) is 0.533. The van der Waals surface area contributed by atoms with Crippen LogP contribution in [0.3, 0.4) is 0 Å².